The van der Waals surface area contributed by atoms with E-state index in [1.54, 1.807) is 144 Å². The van der Waals surface area contributed by atoms with Gasteiger partial charge in [-0.1, -0.05) is 57.2 Å². The van der Waals surface area contributed by atoms with Gasteiger partial charge in [0.05, 0.1) is 79.0 Å². The molecule has 12 aromatic rings. The van der Waals surface area contributed by atoms with Gasteiger partial charge in [0, 0.05) is 151 Å². The van der Waals surface area contributed by atoms with Crippen molar-refractivity contribution in [1.29, 1.82) is 5.26 Å². The molecule has 0 spiro atoms. The SMILES string of the molecule is CCC(=O)c1cnc(Nc2cc(C)n(C)n2)cc1Nc1ccccc1S(C)(=O)=O.CCC(=O)c1cnc(Nc2cc(C)n(C)n2)cc1Nc1ncccc1S(C)(=O)=O.CCC(=O)c1cnc(Nc2cccc(C#N)n2)cc1Nc1ccccc1S(C)(=O)=O.CCn1cnc(-c2cccc(Nc3cc(NC(=O)N4CCC4C)nnc3C(=O)NC)c2OC)n1. The Labute approximate surface area is 704 Å². The molecule has 40 heteroatoms. The van der Waals surface area contributed by atoms with Crippen LogP contribution < -0.4 is 52.6 Å². The third-order valence-corrected chi connectivity index (χ3v) is 22.1. The maximum Gasteiger partial charge on any atom is 0.323 e. The summed E-state index contributed by atoms with van der Waals surface area (Å²) < 4.78 is 83.5. The highest BCUT2D eigenvalue weighted by Gasteiger charge is 2.30. The number of methoxy groups -OCH3 is 1. The number of Topliss-reactive ketones (excluding diaryl/α,β-unsaturated/α-hetero) is 3. The fourth-order valence-corrected chi connectivity index (χ4v) is 14.4. The summed E-state index contributed by atoms with van der Waals surface area (Å²) >= 11 is 0. The standard InChI is InChI=1S/C22H27N9O3.C21H19N5O3S.C20H23N5O3S.C19H22N6O3S/c1-5-30-12-24-20(29-30)14-7-6-8-15(19(14)34-4)25-16-11-17(27-28-18(16)21(32)23-3)26-22(33)31-10-9-13(31)2;1-3-18(27)15-13-23-21(26-20-10-6-7-14(12-22)24-20)11-17(15)25-16-8-4-5-9-19(16)30(2,28)29;1-5-17(26)14-12-21-19(23-20-10-13(2)25(3)24-20)11-16(14)22-15-8-6-7-9-18(15)29(4,27)28;1-5-15(26)13-11-21-17(23-18-9-12(2)25(3)24-18)10-14(13)22-19-16(29(4,27)28)7-6-8-20-19/h6-8,11-13H,5,9-10H2,1-4H3,(H,23,32)(H2,25,26,27,33);4-11,13H,3H2,1-2H3,(H2,23,24,25,26);6-12H,5H2,1-4H3,(H2,21,22,23,24);6-11H,5H2,1-4H3,(H2,20,21,22,23,24). The van der Waals surface area contributed by atoms with Crippen molar-refractivity contribution >= 4 is 145 Å². The normalized spacial score (nSPS) is 12.2. The van der Waals surface area contributed by atoms with Crippen LogP contribution in [-0.2, 0) is 50.2 Å². The minimum atomic E-state index is -3.51. The lowest BCUT2D eigenvalue weighted by molar-refractivity contribution is 0.0954. The molecule has 3 amide bonds. The van der Waals surface area contributed by atoms with E-state index in [0.717, 1.165) is 36.6 Å². The largest absolute Gasteiger partial charge is 0.494 e. The van der Waals surface area contributed by atoms with E-state index in [1.807, 2.05) is 72.1 Å². The number of benzene rings is 3. The summed E-state index contributed by atoms with van der Waals surface area (Å²) in [4.78, 5) is 89.6. The number of aryl methyl sites for hydroxylation is 5. The second-order valence-electron chi connectivity index (χ2n) is 27.5. The monoisotopic (exact) mass is 1710 g/mol. The summed E-state index contributed by atoms with van der Waals surface area (Å²) in [5, 5.41) is 57.0. The molecule has 122 heavy (non-hydrogen) atoms. The summed E-state index contributed by atoms with van der Waals surface area (Å²) in [5.74, 6) is 3.53. The van der Waals surface area contributed by atoms with Crippen LogP contribution in [0.1, 0.15) is 119 Å². The summed E-state index contributed by atoms with van der Waals surface area (Å²) in [6.45, 7) is 14.4. The number of carbonyl (C=O) groups is 5. The summed E-state index contributed by atoms with van der Waals surface area (Å²) in [6, 6.07) is 38.5. The maximum atomic E-state index is 12.5. The van der Waals surface area contributed by atoms with E-state index in [9.17, 15) is 49.2 Å². The molecule has 0 aliphatic carbocycles. The van der Waals surface area contributed by atoms with Crippen molar-refractivity contribution in [2.75, 3.05) is 82.0 Å². The van der Waals surface area contributed by atoms with E-state index in [2.05, 4.69) is 103 Å². The first kappa shape index (κ1) is 89.9. The van der Waals surface area contributed by atoms with Gasteiger partial charge in [-0.15, -0.1) is 10.2 Å². The number of anilines is 15. The van der Waals surface area contributed by atoms with Crippen LogP contribution in [0.3, 0.4) is 0 Å². The minimum Gasteiger partial charge on any atom is -0.494 e. The summed E-state index contributed by atoms with van der Waals surface area (Å²) in [7, 11) is -3.71. The number of pyridine rings is 5. The van der Waals surface area contributed by atoms with Crippen LogP contribution in [0.4, 0.5) is 91.1 Å². The number of likely N-dealkylation sites (tertiary alicyclic amines) is 1. The first-order valence-electron chi connectivity index (χ1n) is 38.0. The van der Waals surface area contributed by atoms with E-state index in [0.29, 0.717) is 128 Å². The number of sulfone groups is 3. The van der Waals surface area contributed by atoms with Crippen LogP contribution >= 0.6 is 0 Å². The predicted octanol–water partition coefficient (Wildman–Crippen LogP) is 12.9. The van der Waals surface area contributed by atoms with Crippen LogP contribution in [0.25, 0.3) is 11.4 Å². The van der Waals surface area contributed by atoms with E-state index >= 15 is 0 Å². The van der Waals surface area contributed by atoms with Gasteiger partial charge in [0.15, 0.2) is 81.6 Å². The smallest absolute Gasteiger partial charge is 0.323 e. The highest BCUT2D eigenvalue weighted by Crippen LogP contribution is 2.39. The number of hydrogen-bond donors (Lipinski definition) is 9. The number of carbonyl (C=O) groups excluding carboxylic acids is 5. The van der Waals surface area contributed by atoms with Gasteiger partial charge in [0.1, 0.15) is 52.1 Å². The zero-order valence-corrected chi connectivity index (χ0v) is 71.6. The molecule has 9 N–H and O–H groups in total. The van der Waals surface area contributed by atoms with Crippen molar-refractivity contribution in [3.05, 3.63) is 204 Å². The highest BCUT2D eigenvalue weighted by atomic mass is 32.2. The maximum absolute atomic E-state index is 12.5. The molecule has 1 aliphatic rings. The average Bonchev–Trinajstić information content (AvgIpc) is 1.38. The number of amides is 3. The van der Waals surface area contributed by atoms with Gasteiger partial charge in [-0.25, -0.2) is 60.0 Å². The first-order valence-corrected chi connectivity index (χ1v) is 43.7. The van der Waals surface area contributed by atoms with Crippen LogP contribution in [-0.4, -0.2) is 174 Å². The Morgan fingerprint density at radius 1 is 0.516 bits per heavy atom. The van der Waals surface area contributed by atoms with Gasteiger partial charge >= 0.3 is 6.03 Å². The molecule has 10 heterocycles. The van der Waals surface area contributed by atoms with Gasteiger partial charge < -0.3 is 52.2 Å². The molecule has 0 saturated carbocycles. The lowest BCUT2D eigenvalue weighted by atomic mass is 10.1. The molecule has 1 saturated heterocycles. The minimum absolute atomic E-state index is 0.0431. The molecule has 0 radical (unpaired) electrons. The zero-order valence-electron chi connectivity index (χ0n) is 69.2. The molecule has 0 bridgehead atoms. The van der Waals surface area contributed by atoms with Crippen molar-refractivity contribution in [1.82, 2.24) is 79.7 Å². The lowest BCUT2D eigenvalue weighted by Gasteiger charge is -2.38. The Morgan fingerprint density at radius 3 is 1.43 bits per heavy atom. The quantitative estimate of drug-likeness (QED) is 0.0206. The number of nitrogens with one attached hydrogen (secondary N) is 9. The molecule has 37 nitrogen and oxygen atoms in total. The number of rotatable bonds is 28. The number of nitriles is 1. The molecule has 1 unspecified atom stereocenters. The molecule has 1 atom stereocenters. The number of nitrogens with zero attached hydrogens (tertiary/aromatic N) is 16. The number of ketones is 3. The Morgan fingerprint density at radius 2 is 0.992 bits per heavy atom. The molecule has 9 aromatic heterocycles. The van der Waals surface area contributed by atoms with E-state index in [4.69, 9.17) is 10.00 Å². The van der Waals surface area contributed by atoms with Gasteiger partial charge in [-0.05, 0) is 94.8 Å². The molecule has 1 aliphatic heterocycles. The molecule has 3 aromatic carbocycles. The predicted molar refractivity (Wildman–Crippen MR) is 464 cm³/mol. The van der Waals surface area contributed by atoms with E-state index < -0.39 is 35.4 Å². The number of ether oxygens (including phenoxy) is 1. The summed E-state index contributed by atoms with van der Waals surface area (Å²) in [6.07, 6.45) is 12.7. The molecular weight excluding hydrogens is 1620 g/mol. The molecular formula is C82H91N25O12S3. The van der Waals surface area contributed by atoms with Gasteiger partial charge in [-0.3, -0.25) is 38.5 Å². The molecule has 634 valence electrons. The topological polar surface area (TPSA) is 489 Å². The number of urea groups is 1. The Bertz CT molecular complexity index is 6080. The van der Waals surface area contributed by atoms with Gasteiger partial charge in [0.25, 0.3) is 5.91 Å². The third kappa shape index (κ3) is 22.9. The van der Waals surface area contributed by atoms with E-state index in [1.165, 1.54) is 50.0 Å². The second-order valence-corrected chi connectivity index (χ2v) is 33.4. The van der Waals surface area contributed by atoms with Crippen molar-refractivity contribution < 1.29 is 54.0 Å². The van der Waals surface area contributed by atoms with Crippen LogP contribution in [0.15, 0.2) is 179 Å². The fraction of sp³-hybridized carbons (Fsp3) is 0.256. The van der Waals surface area contributed by atoms with Crippen molar-refractivity contribution in [3.8, 4) is 23.2 Å². The highest BCUT2D eigenvalue weighted by molar-refractivity contribution is 7.91. The molecule has 13 rings (SSSR count). The molecule has 1 fully saturated rings. The van der Waals surface area contributed by atoms with Crippen molar-refractivity contribution in [2.45, 2.75) is 101 Å². The number of hydrogen-bond acceptors (Lipinski definition) is 31. The van der Waals surface area contributed by atoms with Crippen molar-refractivity contribution in [3.63, 3.8) is 0 Å². The fourth-order valence-electron chi connectivity index (χ4n) is 11.9. The van der Waals surface area contributed by atoms with Crippen LogP contribution in [0.5, 0.6) is 5.75 Å². The first-order chi connectivity index (χ1) is 58.1. The zero-order chi connectivity index (χ0) is 88.3. The number of para-hydroxylation sites is 3. The Hall–Kier alpha value is -14.5. The second kappa shape index (κ2) is 39.9. The Kier molecular flexibility index (Phi) is 29.4. The lowest BCUT2D eigenvalue weighted by Crippen LogP contribution is -2.51. The third-order valence-electron chi connectivity index (χ3n) is 18.6. The Balaban J connectivity index is 0.000000171. The van der Waals surface area contributed by atoms with Gasteiger partial charge in [-0.2, -0.15) is 20.6 Å². The van der Waals surface area contributed by atoms with Crippen LogP contribution in [0, 0.1) is 25.2 Å². The van der Waals surface area contributed by atoms with Crippen LogP contribution in [0.2, 0.25) is 0 Å². The van der Waals surface area contributed by atoms with E-state index in [-0.39, 0.29) is 80.0 Å². The van der Waals surface area contributed by atoms with Crippen molar-refractivity contribution in [2.24, 2.45) is 14.1 Å². The summed E-state index contributed by atoms with van der Waals surface area (Å²) in [5.41, 5.74) is 6.97. The number of aromatic nitrogens is 14. The average molecular weight is 1710 g/mol. The van der Waals surface area contributed by atoms with Gasteiger partial charge in [0.2, 0.25) is 0 Å².